The van der Waals surface area contributed by atoms with E-state index in [1.807, 2.05) is 39.0 Å². The van der Waals surface area contributed by atoms with Crippen molar-refractivity contribution in [3.63, 3.8) is 0 Å². The van der Waals surface area contributed by atoms with E-state index < -0.39 is 5.60 Å². The minimum Gasteiger partial charge on any atom is -0.457 e. The summed E-state index contributed by atoms with van der Waals surface area (Å²) in [5.41, 5.74) is 2.03. The van der Waals surface area contributed by atoms with Crippen LogP contribution in [-0.2, 0) is 22.6 Å². The number of hydrogen-bond acceptors (Lipinski definition) is 3. The lowest BCUT2D eigenvalue weighted by atomic mass is 10.1. The van der Waals surface area contributed by atoms with Gasteiger partial charge in [0.25, 0.3) is 0 Å². The second-order valence-corrected chi connectivity index (χ2v) is 7.51. The summed E-state index contributed by atoms with van der Waals surface area (Å²) in [6.07, 6.45) is 3.46. The molecular weight excluding hydrogens is 322 g/mol. The van der Waals surface area contributed by atoms with Crippen molar-refractivity contribution in [3.05, 3.63) is 83.9 Å². The molecule has 2 aromatic rings. The fourth-order valence-electron chi connectivity index (χ4n) is 2.66. The first kappa shape index (κ1) is 19.9. The molecule has 0 saturated heterocycles. The highest BCUT2D eigenvalue weighted by Crippen LogP contribution is 2.15. The smallest absolute Gasteiger partial charge is 0.330 e. The Morgan fingerprint density at radius 3 is 1.85 bits per heavy atom. The monoisotopic (exact) mass is 351 g/mol. The average molecular weight is 351 g/mol. The van der Waals surface area contributed by atoms with Crippen LogP contribution in [0.5, 0.6) is 0 Å². The van der Waals surface area contributed by atoms with Crippen molar-refractivity contribution in [2.45, 2.75) is 52.4 Å². The van der Waals surface area contributed by atoms with Crippen molar-refractivity contribution < 1.29 is 9.53 Å². The zero-order valence-electron chi connectivity index (χ0n) is 16.2. The van der Waals surface area contributed by atoms with Crippen LogP contribution in [0.15, 0.2) is 72.8 Å². The van der Waals surface area contributed by atoms with Gasteiger partial charge in [0.1, 0.15) is 5.60 Å². The Hall–Kier alpha value is -2.39. The van der Waals surface area contributed by atoms with Crippen molar-refractivity contribution >= 4 is 5.97 Å². The number of ether oxygens (including phenoxy) is 1. The van der Waals surface area contributed by atoms with Crippen LogP contribution in [0.4, 0.5) is 0 Å². The number of benzene rings is 2. The lowest BCUT2D eigenvalue weighted by molar-refractivity contribution is -0.148. The maximum atomic E-state index is 12.0. The third kappa shape index (κ3) is 7.24. The highest BCUT2D eigenvalue weighted by molar-refractivity contribution is 5.82. The Labute approximate surface area is 157 Å². The van der Waals surface area contributed by atoms with Crippen LogP contribution < -0.4 is 0 Å². The van der Waals surface area contributed by atoms with Crippen molar-refractivity contribution in [2.24, 2.45) is 0 Å². The normalized spacial score (nSPS) is 13.1. The first-order chi connectivity index (χ1) is 12.3. The van der Waals surface area contributed by atoms with E-state index in [1.54, 1.807) is 6.08 Å². The fraction of sp³-hybridized carbons (Fsp3) is 0.348. The molecule has 26 heavy (non-hydrogen) atoms. The SMILES string of the molecule is C[C@@H](/C=C/C(=O)OC(C)(C)C)N(Cc1ccccc1)Cc1ccccc1. The lowest BCUT2D eigenvalue weighted by Gasteiger charge is -2.27. The zero-order chi connectivity index (χ0) is 19.0. The van der Waals surface area contributed by atoms with Gasteiger partial charge in [-0.25, -0.2) is 4.79 Å². The summed E-state index contributed by atoms with van der Waals surface area (Å²) in [6.45, 7) is 9.36. The molecule has 3 nitrogen and oxygen atoms in total. The molecule has 0 radical (unpaired) electrons. The van der Waals surface area contributed by atoms with E-state index in [-0.39, 0.29) is 12.0 Å². The second kappa shape index (κ2) is 9.35. The van der Waals surface area contributed by atoms with E-state index in [0.29, 0.717) is 0 Å². The van der Waals surface area contributed by atoms with Gasteiger partial charge in [-0.2, -0.15) is 0 Å². The molecule has 3 heteroatoms. The first-order valence-corrected chi connectivity index (χ1v) is 9.06. The molecule has 0 aliphatic heterocycles. The van der Waals surface area contributed by atoms with E-state index in [1.165, 1.54) is 11.1 Å². The van der Waals surface area contributed by atoms with Crippen LogP contribution >= 0.6 is 0 Å². The summed E-state index contributed by atoms with van der Waals surface area (Å²) in [5, 5.41) is 0. The maximum absolute atomic E-state index is 12.0. The zero-order valence-corrected chi connectivity index (χ0v) is 16.2. The third-order valence-electron chi connectivity index (χ3n) is 3.95. The van der Waals surface area contributed by atoms with Gasteiger partial charge in [-0.1, -0.05) is 66.7 Å². The van der Waals surface area contributed by atoms with Crippen molar-refractivity contribution in [1.82, 2.24) is 4.90 Å². The van der Waals surface area contributed by atoms with Crippen LogP contribution in [0.3, 0.4) is 0 Å². The highest BCUT2D eigenvalue weighted by Gasteiger charge is 2.16. The molecule has 138 valence electrons. The Morgan fingerprint density at radius 2 is 1.42 bits per heavy atom. The summed E-state index contributed by atoms with van der Waals surface area (Å²) < 4.78 is 5.36. The van der Waals surface area contributed by atoms with Crippen molar-refractivity contribution in [1.29, 1.82) is 0 Å². The van der Waals surface area contributed by atoms with Crippen molar-refractivity contribution in [3.8, 4) is 0 Å². The molecular formula is C23H29NO2. The van der Waals surface area contributed by atoms with E-state index in [0.717, 1.165) is 13.1 Å². The Morgan fingerprint density at radius 1 is 0.962 bits per heavy atom. The molecule has 0 amide bonds. The number of nitrogens with zero attached hydrogens (tertiary/aromatic N) is 1. The van der Waals surface area contributed by atoms with Crippen LogP contribution in [0, 0.1) is 0 Å². The van der Waals surface area contributed by atoms with Crippen LogP contribution in [0.25, 0.3) is 0 Å². The van der Waals surface area contributed by atoms with Gasteiger partial charge in [-0.15, -0.1) is 0 Å². The van der Waals surface area contributed by atoms with Gasteiger partial charge in [0.05, 0.1) is 0 Å². The summed E-state index contributed by atoms with van der Waals surface area (Å²) in [4.78, 5) is 14.3. The molecule has 0 heterocycles. The highest BCUT2D eigenvalue weighted by atomic mass is 16.6. The molecule has 2 aromatic carbocycles. The van der Waals surface area contributed by atoms with Crippen LogP contribution in [0.1, 0.15) is 38.8 Å². The molecule has 0 saturated carbocycles. The van der Waals surface area contributed by atoms with E-state index in [2.05, 4.69) is 60.4 Å². The quantitative estimate of drug-likeness (QED) is 0.521. The molecule has 0 aliphatic rings. The molecule has 0 unspecified atom stereocenters. The number of hydrogen-bond donors (Lipinski definition) is 0. The Bertz CT molecular complexity index is 660. The average Bonchev–Trinajstić information content (AvgIpc) is 2.59. The maximum Gasteiger partial charge on any atom is 0.330 e. The van der Waals surface area contributed by atoms with Gasteiger partial charge < -0.3 is 4.74 Å². The number of rotatable bonds is 7. The third-order valence-corrected chi connectivity index (χ3v) is 3.95. The van der Waals surface area contributed by atoms with Crippen LogP contribution in [-0.4, -0.2) is 22.5 Å². The summed E-state index contributed by atoms with van der Waals surface area (Å²) in [5.74, 6) is -0.302. The number of carbonyl (C=O) groups is 1. The standard InChI is InChI=1S/C23H29NO2/c1-19(15-16-22(25)26-23(2,3)4)24(17-20-11-7-5-8-12-20)18-21-13-9-6-10-14-21/h5-16,19H,17-18H2,1-4H3/b16-15+/t19-/m0/s1. The summed E-state index contributed by atoms with van der Waals surface area (Å²) in [6, 6.07) is 20.9. The van der Waals surface area contributed by atoms with Gasteiger partial charge in [-0.3, -0.25) is 4.90 Å². The van der Waals surface area contributed by atoms with Crippen molar-refractivity contribution in [2.75, 3.05) is 0 Å². The molecule has 0 N–H and O–H groups in total. The number of esters is 1. The lowest BCUT2D eigenvalue weighted by Crippen LogP contribution is -2.31. The van der Waals surface area contributed by atoms with E-state index >= 15 is 0 Å². The Balaban J connectivity index is 2.10. The summed E-state index contributed by atoms with van der Waals surface area (Å²) >= 11 is 0. The van der Waals surface area contributed by atoms with Gasteiger partial charge in [0, 0.05) is 25.2 Å². The molecule has 0 aliphatic carbocycles. The molecule has 0 bridgehead atoms. The summed E-state index contributed by atoms with van der Waals surface area (Å²) in [7, 11) is 0. The Kier molecular flexibility index (Phi) is 7.16. The molecule has 1 atom stereocenters. The van der Waals surface area contributed by atoms with Gasteiger partial charge >= 0.3 is 5.97 Å². The van der Waals surface area contributed by atoms with Crippen LogP contribution in [0.2, 0.25) is 0 Å². The van der Waals surface area contributed by atoms with E-state index in [4.69, 9.17) is 4.74 Å². The second-order valence-electron chi connectivity index (χ2n) is 7.51. The first-order valence-electron chi connectivity index (χ1n) is 9.06. The molecule has 2 rings (SSSR count). The van der Waals surface area contributed by atoms with Gasteiger partial charge in [0.15, 0.2) is 0 Å². The van der Waals surface area contributed by atoms with Gasteiger partial charge in [-0.05, 0) is 38.8 Å². The fourth-order valence-corrected chi connectivity index (χ4v) is 2.66. The number of carbonyl (C=O) groups excluding carboxylic acids is 1. The topological polar surface area (TPSA) is 29.5 Å². The molecule has 0 aromatic heterocycles. The molecule has 0 spiro atoms. The predicted molar refractivity (Wildman–Crippen MR) is 107 cm³/mol. The minimum atomic E-state index is -0.474. The minimum absolute atomic E-state index is 0.0999. The van der Waals surface area contributed by atoms with Gasteiger partial charge in [0.2, 0.25) is 0 Å². The van der Waals surface area contributed by atoms with E-state index in [9.17, 15) is 4.79 Å². The largest absolute Gasteiger partial charge is 0.457 e. The molecule has 0 fully saturated rings. The predicted octanol–water partition coefficient (Wildman–Crippen LogP) is 4.98.